The van der Waals surface area contributed by atoms with Crippen LogP contribution in [0.25, 0.3) is 0 Å². The molecule has 0 saturated heterocycles. The molecular weight excluding hydrogens is 226 g/mol. The zero-order valence-corrected chi connectivity index (χ0v) is 10.9. The molecule has 2 atom stereocenters. The summed E-state index contributed by atoms with van der Waals surface area (Å²) in [7, 11) is 0. The monoisotopic (exact) mass is 249 g/mol. The first-order chi connectivity index (χ1) is 6.24. The van der Waals surface area contributed by atoms with Crippen LogP contribution >= 0.6 is 15.9 Å². The van der Waals surface area contributed by atoms with Gasteiger partial charge in [0.2, 0.25) is 0 Å². The van der Waals surface area contributed by atoms with Gasteiger partial charge in [0.05, 0.1) is 0 Å². The molecule has 1 nitrogen and oxygen atoms in total. The molecule has 0 aromatic carbocycles. The van der Waals surface area contributed by atoms with Crippen LogP contribution in [0.1, 0.15) is 46.5 Å². The van der Waals surface area contributed by atoms with Crippen LogP contribution in [0.15, 0.2) is 0 Å². The highest BCUT2D eigenvalue weighted by molar-refractivity contribution is 9.09. The highest BCUT2D eigenvalue weighted by Crippen LogP contribution is 2.11. The van der Waals surface area contributed by atoms with Crippen molar-refractivity contribution in [3.05, 3.63) is 0 Å². The van der Waals surface area contributed by atoms with Crippen LogP contribution in [0.2, 0.25) is 0 Å². The van der Waals surface area contributed by atoms with Crippen LogP contribution < -0.4 is 5.32 Å². The van der Waals surface area contributed by atoms with Crippen LogP contribution in [0, 0.1) is 5.92 Å². The fourth-order valence-corrected chi connectivity index (χ4v) is 1.59. The van der Waals surface area contributed by atoms with Gasteiger partial charge in [0.1, 0.15) is 0 Å². The Morgan fingerprint density at radius 1 is 1.31 bits per heavy atom. The van der Waals surface area contributed by atoms with Gasteiger partial charge in [0, 0.05) is 11.4 Å². The lowest BCUT2D eigenvalue weighted by Gasteiger charge is -2.18. The highest BCUT2D eigenvalue weighted by atomic mass is 79.9. The van der Waals surface area contributed by atoms with Gasteiger partial charge in [0.15, 0.2) is 0 Å². The van der Waals surface area contributed by atoms with Crippen molar-refractivity contribution >= 4 is 15.9 Å². The molecule has 2 unspecified atom stereocenters. The first-order valence-electron chi connectivity index (χ1n) is 5.53. The Bertz CT molecular complexity index is 106. The van der Waals surface area contributed by atoms with E-state index in [1.165, 1.54) is 32.2 Å². The quantitative estimate of drug-likeness (QED) is 0.649. The molecule has 0 aliphatic heterocycles. The van der Waals surface area contributed by atoms with Gasteiger partial charge in [-0.05, 0) is 25.8 Å². The Labute approximate surface area is 91.8 Å². The van der Waals surface area contributed by atoms with Gasteiger partial charge < -0.3 is 5.32 Å². The summed E-state index contributed by atoms with van der Waals surface area (Å²) < 4.78 is 0. The maximum atomic E-state index is 3.55. The summed E-state index contributed by atoms with van der Waals surface area (Å²) in [4.78, 5) is 0. The summed E-state index contributed by atoms with van der Waals surface area (Å²) >= 11 is 3.48. The van der Waals surface area contributed by atoms with E-state index in [0.717, 1.165) is 11.2 Å². The van der Waals surface area contributed by atoms with E-state index in [1.54, 1.807) is 0 Å². The van der Waals surface area contributed by atoms with Gasteiger partial charge in [-0.2, -0.15) is 0 Å². The van der Waals surface area contributed by atoms with Gasteiger partial charge in [-0.25, -0.2) is 0 Å². The van der Waals surface area contributed by atoms with Crippen LogP contribution in [-0.4, -0.2) is 17.9 Å². The molecule has 0 spiro atoms. The minimum atomic E-state index is 0.607. The van der Waals surface area contributed by atoms with E-state index in [1.807, 2.05) is 0 Å². The number of hydrogen-bond donors (Lipinski definition) is 1. The molecular formula is C11H24BrN. The third-order valence-corrected chi connectivity index (χ3v) is 3.50. The molecule has 0 heterocycles. The third kappa shape index (κ3) is 7.51. The molecule has 0 bridgehead atoms. The summed E-state index contributed by atoms with van der Waals surface area (Å²) in [5.74, 6) is 0.876. The summed E-state index contributed by atoms with van der Waals surface area (Å²) in [6.45, 7) is 7.96. The zero-order valence-electron chi connectivity index (χ0n) is 9.28. The van der Waals surface area contributed by atoms with Crippen molar-refractivity contribution in [1.82, 2.24) is 5.32 Å². The molecule has 0 aliphatic carbocycles. The van der Waals surface area contributed by atoms with Crippen molar-refractivity contribution in [1.29, 1.82) is 0 Å². The minimum absolute atomic E-state index is 0.607. The van der Waals surface area contributed by atoms with E-state index in [4.69, 9.17) is 0 Å². The molecule has 2 heteroatoms. The van der Waals surface area contributed by atoms with Crippen LogP contribution in [-0.2, 0) is 0 Å². The molecule has 0 aliphatic rings. The van der Waals surface area contributed by atoms with Crippen molar-refractivity contribution < 1.29 is 0 Å². The van der Waals surface area contributed by atoms with E-state index < -0.39 is 0 Å². The molecule has 0 aromatic heterocycles. The number of hydrogen-bond acceptors (Lipinski definition) is 1. The Morgan fingerprint density at radius 3 is 2.46 bits per heavy atom. The lowest BCUT2D eigenvalue weighted by Crippen LogP contribution is -2.32. The fourth-order valence-electron chi connectivity index (χ4n) is 1.37. The molecule has 0 rings (SSSR count). The Morgan fingerprint density at radius 2 is 2.00 bits per heavy atom. The smallest absolute Gasteiger partial charge is 0.0183 e. The lowest BCUT2D eigenvalue weighted by molar-refractivity contribution is 0.404. The molecule has 0 saturated carbocycles. The van der Waals surface area contributed by atoms with E-state index in [-0.39, 0.29) is 0 Å². The maximum absolute atomic E-state index is 3.55. The molecule has 0 aromatic rings. The summed E-state index contributed by atoms with van der Waals surface area (Å²) in [5.41, 5.74) is 0. The third-order valence-electron chi connectivity index (χ3n) is 2.53. The number of halogens is 1. The lowest BCUT2D eigenvalue weighted by atomic mass is 9.99. The predicted molar refractivity (Wildman–Crippen MR) is 64.6 cm³/mol. The topological polar surface area (TPSA) is 12.0 Å². The van der Waals surface area contributed by atoms with Gasteiger partial charge in [-0.1, -0.05) is 49.0 Å². The molecule has 0 radical (unpaired) electrons. The SMILES string of the molecule is CCCCC(CC)CNC(C)CBr. The Hall–Kier alpha value is 0.440. The normalized spacial score (nSPS) is 15.7. The van der Waals surface area contributed by atoms with E-state index >= 15 is 0 Å². The average molecular weight is 250 g/mol. The largest absolute Gasteiger partial charge is 0.313 e. The highest BCUT2D eigenvalue weighted by Gasteiger charge is 2.06. The Kier molecular flexibility index (Phi) is 9.32. The second-order valence-corrected chi connectivity index (χ2v) is 4.53. The number of unbranched alkanes of at least 4 members (excludes halogenated alkanes) is 1. The molecule has 13 heavy (non-hydrogen) atoms. The number of alkyl halides is 1. The van der Waals surface area contributed by atoms with E-state index in [0.29, 0.717) is 6.04 Å². The van der Waals surface area contributed by atoms with E-state index in [2.05, 4.69) is 42.0 Å². The van der Waals surface area contributed by atoms with E-state index in [9.17, 15) is 0 Å². The van der Waals surface area contributed by atoms with Crippen molar-refractivity contribution in [3.63, 3.8) is 0 Å². The van der Waals surface area contributed by atoms with Crippen molar-refractivity contribution in [3.8, 4) is 0 Å². The molecule has 80 valence electrons. The van der Waals surface area contributed by atoms with Gasteiger partial charge in [-0.3, -0.25) is 0 Å². The van der Waals surface area contributed by atoms with Crippen molar-refractivity contribution in [2.24, 2.45) is 5.92 Å². The van der Waals surface area contributed by atoms with Crippen molar-refractivity contribution in [2.45, 2.75) is 52.5 Å². The van der Waals surface area contributed by atoms with Crippen LogP contribution in [0.5, 0.6) is 0 Å². The second kappa shape index (κ2) is 9.01. The summed E-state index contributed by atoms with van der Waals surface area (Å²) in [5, 5.41) is 4.60. The first kappa shape index (κ1) is 13.4. The molecule has 0 fully saturated rings. The standard InChI is InChI=1S/C11H24BrN/c1-4-6-7-11(5-2)9-13-10(3)8-12/h10-11,13H,4-9H2,1-3H3. The zero-order chi connectivity index (χ0) is 10.1. The summed E-state index contributed by atoms with van der Waals surface area (Å²) in [6.07, 6.45) is 5.39. The average Bonchev–Trinajstić information content (AvgIpc) is 2.17. The number of rotatable bonds is 8. The van der Waals surface area contributed by atoms with Crippen LogP contribution in [0.3, 0.4) is 0 Å². The molecule has 0 amide bonds. The maximum Gasteiger partial charge on any atom is 0.0183 e. The second-order valence-electron chi connectivity index (χ2n) is 3.88. The van der Waals surface area contributed by atoms with Crippen molar-refractivity contribution in [2.75, 3.05) is 11.9 Å². The van der Waals surface area contributed by atoms with Crippen LogP contribution in [0.4, 0.5) is 0 Å². The van der Waals surface area contributed by atoms with Gasteiger partial charge >= 0.3 is 0 Å². The van der Waals surface area contributed by atoms with Gasteiger partial charge in [0.25, 0.3) is 0 Å². The summed E-state index contributed by atoms with van der Waals surface area (Å²) in [6, 6.07) is 0.607. The predicted octanol–water partition coefficient (Wildman–Crippen LogP) is 3.58. The first-order valence-corrected chi connectivity index (χ1v) is 6.66. The Balaban J connectivity index is 3.46. The minimum Gasteiger partial charge on any atom is -0.313 e. The molecule has 1 N–H and O–H groups in total. The number of nitrogens with one attached hydrogen (secondary N) is 1. The van der Waals surface area contributed by atoms with Gasteiger partial charge in [-0.15, -0.1) is 0 Å². The fraction of sp³-hybridized carbons (Fsp3) is 1.00.